The zero-order valence-corrected chi connectivity index (χ0v) is 7.80. The van der Waals surface area contributed by atoms with Crippen LogP contribution >= 0.6 is 0 Å². The molecule has 0 aromatic carbocycles. The third kappa shape index (κ3) is 2.36. The van der Waals surface area contributed by atoms with E-state index in [-0.39, 0.29) is 11.9 Å². The second-order valence-corrected chi connectivity index (χ2v) is 3.30. The lowest BCUT2D eigenvalue weighted by Crippen LogP contribution is -2.07. The summed E-state index contributed by atoms with van der Waals surface area (Å²) in [5, 5.41) is 0. The smallest absolute Gasteiger partial charge is 0.317 e. The number of unbranched alkanes of at least 4 members (excludes halogenated alkanes) is 2. The summed E-state index contributed by atoms with van der Waals surface area (Å²) in [6, 6.07) is 0. The summed E-state index contributed by atoms with van der Waals surface area (Å²) in [6.07, 6.45) is 6.41. The molecule has 0 fully saturated rings. The maximum Gasteiger partial charge on any atom is 0.317 e. The summed E-state index contributed by atoms with van der Waals surface area (Å²) in [5.41, 5.74) is 0. The Morgan fingerprint density at radius 3 is 2.75 bits per heavy atom. The Morgan fingerprint density at radius 1 is 1.50 bits per heavy atom. The molecule has 0 amide bonds. The van der Waals surface area contributed by atoms with E-state index in [2.05, 4.69) is 6.92 Å². The second-order valence-electron chi connectivity index (χ2n) is 3.30. The van der Waals surface area contributed by atoms with Crippen molar-refractivity contribution in [1.82, 2.24) is 0 Å². The van der Waals surface area contributed by atoms with Crippen molar-refractivity contribution in [3.8, 4) is 0 Å². The van der Waals surface area contributed by atoms with Gasteiger partial charge in [0.2, 0.25) is 0 Å². The van der Waals surface area contributed by atoms with Gasteiger partial charge in [0.1, 0.15) is 5.76 Å². The Labute approximate surface area is 73.6 Å². The molecule has 1 aliphatic heterocycles. The molecule has 1 unspecified atom stereocenters. The number of carbonyl (C=O) groups excluding carboxylic acids is 1. The number of esters is 1. The van der Waals surface area contributed by atoms with E-state index < -0.39 is 0 Å². The summed E-state index contributed by atoms with van der Waals surface area (Å²) < 4.78 is 4.93. The van der Waals surface area contributed by atoms with E-state index in [0.717, 1.165) is 18.6 Å². The highest BCUT2D eigenvalue weighted by atomic mass is 16.5. The quantitative estimate of drug-likeness (QED) is 0.476. The van der Waals surface area contributed by atoms with Gasteiger partial charge in [-0.3, -0.25) is 4.79 Å². The van der Waals surface area contributed by atoms with Gasteiger partial charge in [-0.15, -0.1) is 0 Å². The lowest BCUT2D eigenvalue weighted by atomic mass is 10.0. The van der Waals surface area contributed by atoms with Gasteiger partial charge in [0.25, 0.3) is 0 Å². The lowest BCUT2D eigenvalue weighted by Gasteiger charge is -2.02. The lowest BCUT2D eigenvalue weighted by molar-refractivity contribution is -0.140. The highest BCUT2D eigenvalue weighted by Crippen LogP contribution is 2.22. The van der Waals surface area contributed by atoms with Crippen LogP contribution < -0.4 is 0 Å². The van der Waals surface area contributed by atoms with Gasteiger partial charge in [0.05, 0.1) is 5.92 Å². The summed E-state index contributed by atoms with van der Waals surface area (Å²) in [7, 11) is 0. The van der Waals surface area contributed by atoms with Crippen molar-refractivity contribution < 1.29 is 9.53 Å². The van der Waals surface area contributed by atoms with Crippen LogP contribution in [0, 0.1) is 5.92 Å². The molecule has 0 aromatic rings. The fourth-order valence-electron chi connectivity index (χ4n) is 1.44. The van der Waals surface area contributed by atoms with Crippen molar-refractivity contribution in [2.75, 3.05) is 0 Å². The Morgan fingerprint density at radius 2 is 2.25 bits per heavy atom. The van der Waals surface area contributed by atoms with Crippen LogP contribution in [0.25, 0.3) is 0 Å². The van der Waals surface area contributed by atoms with E-state index in [1.54, 1.807) is 0 Å². The van der Waals surface area contributed by atoms with Gasteiger partial charge in [-0.2, -0.15) is 0 Å². The summed E-state index contributed by atoms with van der Waals surface area (Å²) >= 11 is 0. The minimum absolute atomic E-state index is 0.0385. The van der Waals surface area contributed by atoms with Crippen LogP contribution in [0.1, 0.15) is 39.5 Å². The van der Waals surface area contributed by atoms with E-state index >= 15 is 0 Å². The van der Waals surface area contributed by atoms with E-state index in [0.29, 0.717) is 0 Å². The zero-order valence-electron chi connectivity index (χ0n) is 7.80. The van der Waals surface area contributed by atoms with Crippen LogP contribution in [0.4, 0.5) is 0 Å². The predicted molar refractivity (Wildman–Crippen MR) is 47.5 cm³/mol. The number of hydrogen-bond acceptors (Lipinski definition) is 2. The topological polar surface area (TPSA) is 26.3 Å². The standard InChI is InChI=1S/C10H16O2/c1-3-4-5-6-9-7-8(2)12-10(9)11/h7,9H,3-6H2,1-2H3. The summed E-state index contributed by atoms with van der Waals surface area (Å²) in [5.74, 6) is 0.738. The minimum Gasteiger partial charge on any atom is -0.431 e. The Kier molecular flexibility index (Phi) is 3.32. The Balaban J connectivity index is 2.28. The molecule has 2 heteroatoms. The minimum atomic E-state index is -0.0661. The largest absolute Gasteiger partial charge is 0.431 e. The fourth-order valence-corrected chi connectivity index (χ4v) is 1.44. The fraction of sp³-hybridized carbons (Fsp3) is 0.700. The molecule has 0 bridgehead atoms. The first-order valence-corrected chi connectivity index (χ1v) is 4.64. The molecule has 12 heavy (non-hydrogen) atoms. The van der Waals surface area contributed by atoms with Crippen LogP contribution in [0.2, 0.25) is 0 Å². The first-order valence-electron chi connectivity index (χ1n) is 4.64. The van der Waals surface area contributed by atoms with Gasteiger partial charge in [-0.1, -0.05) is 26.2 Å². The van der Waals surface area contributed by atoms with Gasteiger partial charge in [0.15, 0.2) is 0 Å². The van der Waals surface area contributed by atoms with E-state index in [1.165, 1.54) is 12.8 Å². The first kappa shape index (κ1) is 9.30. The molecule has 0 saturated heterocycles. The molecular weight excluding hydrogens is 152 g/mol. The van der Waals surface area contributed by atoms with Gasteiger partial charge < -0.3 is 4.74 Å². The SMILES string of the molecule is CCCCCC1C=C(C)OC1=O. The third-order valence-corrected chi connectivity index (χ3v) is 2.12. The van der Waals surface area contributed by atoms with Crippen molar-refractivity contribution in [1.29, 1.82) is 0 Å². The molecule has 0 radical (unpaired) electrons. The number of carbonyl (C=O) groups is 1. The van der Waals surface area contributed by atoms with Crippen LogP contribution in [0.5, 0.6) is 0 Å². The average Bonchev–Trinajstić information content (AvgIpc) is 2.31. The van der Waals surface area contributed by atoms with E-state index in [4.69, 9.17) is 4.74 Å². The Bertz CT molecular complexity index is 194. The van der Waals surface area contributed by atoms with Crippen LogP contribution in [0.15, 0.2) is 11.8 Å². The monoisotopic (exact) mass is 168 g/mol. The average molecular weight is 168 g/mol. The maximum absolute atomic E-state index is 11.1. The van der Waals surface area contributed by atoms with E-state index in [9.17, 15) is 4.79 Å². The molecule has 0 saturated carbocycles. The number of allylic oxidation sites excluding steroid dienone is 1. The molecule has 2 nitrogen and oxygen atoms in total. The summed E-state index contributed by atoms with van der Waals surface area (Å²) in [4.78, 5) is 11.1. The van der Waals surface area contributed by atoms with Crippen molar-refractivity contribution in [2.24, 2.45) is 5.92 Å². The molecule has 0 N–H and O–H groups in total. The second kappa shape index (κ2) is 4.29. The van der Waals surface area contributed by atoms with Gasteiger partial charge in [-0.25, -0.2) is 0 Å². The van der Waals surface area contributed by atoms with Crippen molar-refractivity contribution >= 4 is 5.97 Å². The number of rotatable bonds is 4. The molecule has 1 rings (SSSR count). The van der Waals surface area contributed by atoms with Crippen LogP contribution in [-0.2, 0) is 9.53 Å². The summed E-state index contributed by atoms with van der Waals surface area (Å²) in [6.45, 7) is 3.99. The molecule has 1 atom stereocenters. The molecular formula is C10H16O2. The van der Waals surface area contributed by atoms with Crippen molar-refractivity contribution in [2.45, 2.75) is 39.5 Å². The van der Waals surface area contributed by atoms with Crippen molar-refractivity contribution in [3.05, 3.63) is 11.8 Å². The normalized spacial score (nSPS) is 22.3. The zero-order chi connectivity index (χ0) is 8.97. The molecule has 68 valence electrons. The number of cyclic esters (lactones) is 1. The predicted octanol–water partition coefficient (Wildman–Crippen LogP) is 2.64. The maximum atomic E-state index is 11.1. The van der Waals surface area contributed by atoms with Crippen LogP contribution in [0.3, 0.4) is 0 Å². The molecule has 1 aliphatic rings. The number of hydrogen-bond donors (Lipinski definition) is 0. The van der Waals surface area contributed by atoms with Gasteiger partial charge in [-0.05, 0) is 19.4 Å². The molecule has 0 aromatic heterocycles. The molecule has 0 spiro atoms. The Hall–Kier alpha value is -0.790. The van der Waals surface area contributed by atoms with Crippen LogP contribution in [-0.4, -0.2) is 5.97 Å². The third-order valence-electron chi connectivity index (χ3n) is 2.12. The van der Waals surface area contributed by atoms with Crippen molar-refractivity contribution in [3.63, 3.8) is 0 Å². The first-order chi connectivity index (χ1) is 5.74. The molecule has 1 heterocycles. The highest BCUT2D eigenvalue weighted by molar-refractivity contribution is 5.78. The highest BCUT2D eigenvalue weighted by Gasteiger charge is 2.23. The van der Waals surface area contributed by atoms with Gasteiger partial charge in [0, 0.05) is 0 Å². The van der Waals surface area contributed by atoms with Gasteiger partial charge >= 0.3 is 5.97 Å². The van der Waals surface area contributed by atoms with E-state index in [1.807, 2.05) is 13.0 Å². The molecule has 0 aliphatic carbocycles. The number of ether oxygens (including phenoxy) is 1.